The number of hydrogen-bond acceptors (Lipinski definition) is 1. The monoisotopic (exact) mass is 289 g/mol. The fourth-order valence-electron chi connectivity index (χ4n) is 1.42. The third-order valence-electron chi connectivity index (χ3n) is 2.12. The molecule has 1 aromatic rings. The van der Waals surface area contributed by atoms with Gasteiger partial charge < -0.3 is 5.73 Å². The van der Waals surface area contributed by atoms with Gasteiger partial charge in [0.15, 0.2) is 0 Å². The number of nitrogens with two attached hydrogens (primary N) is 1. The van der Waals surface area contributed by atoms with Gasteiger partial charge >= 0.3 is 0 Å². The average Bonchev–Trinajstić information content (AvgIpc) is 2.01. The molecule has 0 spiro atoms. The van der Waals surface area contributed by atoms with E-state index in [2.05, 4.69) is 47.6 Å². The average molecular weight is 291 g/mol. The molecule has 0 aliphatic carbocycles. The molecule has 1 atom stereocenters. The highest BCUT2D eigenvalue weighted by Gasteiger charge is 2.09. The number of benzene rings is 1. The van der Waals surface area contributed by atoms with Crippen LogP contribution >= 0.6 is 28.3 Å². The van der Waals surface area contributed by atoms with Gasteiger partial charge in [-0.2, -0.15) is 0 Å². The van der Waals surface area contributed by atoms with E-state index in [1.54, 1.807) is 0 Å². The van der Waals surface area contributed by atoms with Crippen LogP contribution in [0.15, 0.2) is 34.8 Å². The Kier molecular flexibility index (Phi) is 6.18. The van der Waals surface area contributed by atoms with E-state index < -0.39 is 0 Å². The van der Waals surface area contributed by atoms with Crippen LogP contribution in [0.1, 0.15) is 30.5 Å². The third kappa shape index (κ3) is 4.37. The first kappa shape index (κ1) is 14.7. The lowest BCUT2D eigenvalue weighted by molar-refractivity contribution is 0.713. The van der Waals surface area contributed by atoms with Crippen molar-refractivity contribution in [1.29, 1.82) is 0 Å². The van der Waals surface area contributed by atoms with Crippen LogP contribution in [0.4, 0.5) is 0 Å². The maximum absolute atomic E-state index is 6.06. The predicted octanol–water partition coefficient (Wildman–Crippen LogP) is 4.15. The van der Waals surface area contributed by atoms with E-state index in [1.165, 1.54) is 5.56 Å². The second-order valence-electron chi connectivity index (χ2n) is 3.79. The Bertz CT molecular complexity index is 349. The second kappa shape index (κ2) is 6.31. The molecule has 0 aromatic heterocycles. The summed E-state index contributed by atoms with van der Waals surface area (Å²) in [6, 6.07) is 6.29. The molecule has 0 unspecified atom stereocenters. The van der Waals surface area contributed by atoms with Crippen LogP contribution in [-0.4, -0.2) is 0 Å². The molecule has 0 aliphatic heterocycles. The molecule has 0 heterocycles. The first-order valence-corrected chi connectivity index (χ1v) is 5.46. The van der Waals surface area contributed by atoms with Gasteiger partial charge in [0.05, 0.1) is 0 Å². The van der Waals surface area contributed by atoms with Crippen molar-refractivity contribution < 1.29 is 0 Å². The molecule has 15 heavy (non-hydrogen) atoms. The number of halogens is 2. The van der Waals surface area contributed by atoms with Gasteiger partial charge in [0.25, 0.3) is 0 Å². The normalized spacial score (nSPS) is 11.7. The molecule has 0 saturated heterocycles. The maximum Gasteiger partial charge on any atom is 0.0343 e. The quantitative estimate of drug-likeness (QED) is 0.832. The van der Waals surface area contributed by atoms with E-state index >= 15 is 0 Å². The van der Waals surface area contributed by atoms with Crippen molar-refractivity contribution in [3.8, 4) is 0 Å². The van der Waals surface area contributed by atoms with Crippen molar-refractivity contribution >= 4 is 28.3 Å². The van der Waals surface area contributed by atoms with E-state index in [-0.39, 0.29) is 18.4 Å². The number of rotatable bonds is 3. The molecule has 0 bridgehead atoms. The summed E-state index contributed by atoms with van der Waals surface area (Å²) in [6.07, 6.45) is 0.835. The zero-order valence-corrected chi connectivity index (χ0v) is 11.5. The summed E-state index contributed by atoms with van der Waals surface area (Å²) in [7, 11) is 0. The predicted molar refractivity (Wildman–Crippen MR) is 72.5 cm³/mol. The highest BCUT2D eigenvalue weighted by atomic mass is 79.9. The van der Waals surface area contributed by atoms with Crippen LogP contribution in [0.3, 0.4) is 0 Å². The second-order valence-corrected chi connectivity index (χ2v) is 4.65. The van der Waals surface area contributed by atoms with Crippen molar-refractivity contribution in [2.75, 3.05) is 0 Å². The Balaban J connectivity index is 0.00000196. The first-order valence-electron chi connectivity index (χ1n) is 4.66. The molecule has 1 rings (SSSR count). The topological polar surface area (TPSA) is 26.0 Å². The van der Waals surface area contributed by atoms with Crippen LogP contribution in [0, 0.1) is 6.92 Å². The molecule has 0 saturated carbocycles. The van der Waals surface area contributed by atoms with Crippen molar-refractivity contribution in [3.05, 3.63) is 46.0 Å². The SMILES string of the molecule is C=C(C)C[C@@H](N)c1ccc(C)cc1Br.Cl. The Morgan fingerprint density at radius 1 is 1.53 bits per heavy atom. The molecule has 0 amide bonds. The molecule has 1 aromatic carbocycles. The molecule has 1 nitrogen and oxygen atoms in total. The van der Waals surface area contributed by atoms with Gasteiger partial charge in [0, 0.05) is 10.5 Å². The van der Waals surface area contributed by atoms with Crippen molar-refractivity contribution in [2.45, 2.75) is 26.3 Å². The van der Waals surface area contributed by atoms with Gasteiger partial charge in [0.2, 0.25) is 0 Å². The van der Waals surface area contributed by atoms with E-state index in [4.69, 9.17) is 5.73 Å². The Morgan fingerprint density at radius 2 is 2.13 bits per heavy atom. The van der Waals surface area contributed by atoms with Crippen LogP contribution in [-0.2, 0) is 0 Å². The zero-order valence-electron chi connectivity index (χ0n) is 9.09. The maximum atomic E-state index is 6.06. The molecule has 0 radical (unpaired) electrons. The number of aryl methyl sites for hydroxylation is 1. The highest BCUT2D eigenvalue weighted by Crippen LogP contribution is 2.26. The zero-order chi connectivity index (χ0) is 10.7. The van der Waals surface area contributed by atoms with E-state index in [0.717, 1.165) is 22.0 Å². The van der Waals surface area contributed by atoms with Crippen LogP contribution < -0.4 is 5.73 Å². The van der Waals surface area contributed by atoms with Crippen molar-refractivity contribution in [3.63, 3.8) is 0 Å². The highest BCUT2D eigenvalue weighted by molar-refractivity contribution is 9.10. The fourth-order valence-corrected chi connectivity index (χ4v) is 2.21. The molecule has 3 heteroatoms. The third-order valence-corrected chi connectivity index (χ3v) is 2.81. The molecule has 0 aliphatic rings. The summed E-state index contributed by atoms with van der Waals surface area (Å²) in [6.45, 7) is 7.94. The first-order chi connectivity index (χ1) is 6.50. The lowest BCUT2D eigenvalue weighted by atomic mass is 10.0. The summed E-state index contributed by atoms with van der Waals surface area (Å²) < 4.78 is 1.09. The van der Waals surface area contributed by atoms with Crippen LogP contribution in [0.2, 0.25) is 0 Å². The van der Waals surface area contributed by atoms with Gasteiger partial charge in [-0.15, -0.1) is 19.0 Å². The molecule has 84 valence electrons. The Morgan fingerprint density at radius 3 is 2.60 bits per heavy atom. The standard InChI is InChI=1S/C12H16BrN.ClH/c1-8(2)6-12(14)10-5-4-9(3)7-11(10)13;/h4-5,7,12H,1,6,14H2,2-3H3;1H/t12-;/m1./s1. The minimum atomic E-state index is 0. The minimum absolute atomic E-state index is 0. The number of hydrogen-bond donors (Lipinski definition) is 1. The van der Waals surface area contributed by atoms with Gasteiger partial charge in [0.1, 0.15) is 0 Å². The summed E-state index contributed by atoms with van der Waals surface area (Å²) in [5.74, 6) is 0. The van der Waals surface area contributed by atoms with Gasteiger partial charge in [-0.05, 0) is 37.5 Å². The summed E-state index contributed by atoms with van der Waals surface area (Å²) >= 11 is 3.53. The fraction of sp³-hybridized carbons (Fsp3) is 0.333. The Hall–Kier alpha value is -0.310. The molecule has 2 N–H and O–H groups in total. The smallest absolute Gasteiger partial charge is 0.0343 e. The molecular weight excluding hydrogens is 273 g/mol. The minimum Gasteiger partial charge on any atom is -0.324 e. The van der Waals surface area contributed by atoms with Crippen LogP contribution in [0.5, 0.6) is 0 Å². The largest absolute Gasteiger partial charge is 0.324 e. The molecule has 0 fully saturated rings. The van der Waals surface area contributed by atoms with E-state index in [1.807, 2.05) is 6.92 Å². The summed E-state index contributed by atoms with van der Waals surface area (Å²) in [5.41, 5.74) is 9.56. The summed E-state index contributed by atoms with van der Waals surface area (Å²) in [5, 5.41) is 0. The van der Waals surface area contributed by atoms with Crippen molar-refractivity contribution in [2.24, 2.45) is 5.73 Å². The van der Waals surface area contributed by atoms with Gasteiger partial charge in [-0.25, -0.2) is 0 Å². The lowest BCUT2D eigenvalue weighted by Crippen LogP contribution is -2.11. The van der Waals surface area contributed by atoms with Crippen molar-refractivity contribution in [1.82, 2.24) is 0 Å². The lowest BCUT2D eigenvalue weighted by Gasteiger charge is -2.14. The summed E-state index contributed by atoms with van der Waals surface area (Å²) in [4.78, 5) is 0. The van der Waals surface area contributed by atoms with Crippen LogP contribution in [0.25, 0.3) is 0 Å². The molecular formula is C12H17BrClN. The van der Waals surface area contributed by atoms with Gasteiger partial charge in [-0.3, -0.25) is 0 Å². The van der Waals surface area contributed by atoms with E-state index in [9.17, 15) is 0 Å². The van der Waals surface area contributed by atoms with E-state index in [0.29, 0.717) is 0 Å². The van der Waals surface area contributed by atoms with Gasteiger partial charge in [-0.1, -0.05) is 33.6 Å². The Labute approximate surface area is 106 Å².